The first-order valence-corrected chi connectivity index (χ1v) is 7.64. The molecule has 0 bridgehead atoms. The van der Waals surface area contributed by atoms with Gasteiger partial charge in [0.2, 0.25) is 0 Å². The van der Waals surface area contributed by atoms with Gasteiger partial charge in [0.1, 0.15) is 11.5 Å². The van der Waals surface area contributed by atoms with E-state index in [4.69, 9.17) is 4.74 Å². The number of carbonyl (C=O) groups excluding carboxylic acids is 1. The summed E-state index contributed by atoms with van der Waals surface area (Å²) in [4.78, 5) is 15.2. The van der Waals surface area contributed by atoms with Crippen LogP contribution in [0.25, 0.3) is 22.0 Å². The van der Waals surface area contributed by atoms with Gasteiger partial charge in [0.05, 0.1) is 11.1 Å². The summed E-state index contributed by atoms with van der Waals surface area (Å²) in [6, 6.07) is 12.5. The summed E-state index contributed by atoms with van der Waals surface area (Å²) in [6.07, 6.45) is 0. The zero-order chi connectivity index (χ0) is 15.7. The Bertz CT molecular complexity index is 843. The number of nitrogens with one attached hydrogen (secondary N) is 1. The molecule has 0 atom stereocenters. The molecule has 0 aliphatic heterocycles. The van der Waals surface area contributed by atoms with E-state index in [1.54, 1.807) is 13.0 Å². The number of esters is 1. The predicted octanol–water partition coefficient (Wildman–Crippen LogP) is 4.91. The fourth-order valence-corrected chi connectivity index (χ4v) is 2.79. The molecule has 0 unspecified atom stereocenters. The molecule has 0 spiro atoms. The Balaban J connectivity index is 2.32. The molecule has 5 heteroatoms. The number of H-pyrrole nitrogens is 1. The van der Waals surface area contributed by atoms with Crippen LogP contribution in [-0.4, -0.2) is 17.6 Å². The third-order valence-electron chi connectivity index (χ3n) is 3.38. The standard InChI is InChI=1S/C17H13BrFNO2/c1-2-22-17(21)16-15(10-6-4-3-5-7-10)11-8-12(18)13(19)9-14(11)20-16/h3-9,20H,2H2,1H3. The average molecular weight is 362 g/mol. The number of ether oxygens (including phenoxy) is 1. The van der Waals surface area contributed by atoms with E-state index in [0.29, 0.717) is 15.7 Å². The van der Waals surface area contributed by atoms with Crippen LogP contribution in [0.15, 0.2) is 46.9 Å². The van der Waals surface area contributed by atoms with Crippen LogP contribution >= 0.6 is 15.9 Å². The average Bonchev–Trinajstić information content (AvgIpc) is 2.87. The largest absolute Gasteiger partial charge is 0.461 e. The number of halogens is 2. The minimum atomic E-state index is -0.450. The van der Waals surface area contributed by atoms with Crippen molar-refractivity contribution in [2.45, 2.75) is 6.92 Å². The van der Waals surface area contributed by atoms with Crippen LogP contribution in [-0.2, 0) is 4.74 Å². The highest BCUT2D eigenvalue weighted by molar-refractivity contribution is 9.10. The van der Waals surface area contributed by atoms with Crippen LogP contribution in [0.5, 0.6) is 0 Å². The van der Waals surface area contributed by atoms with Crippen molar-refractivity contribution in [3.8, 4) is 11.1 Å². The van der Waals surface area contributed by atoms with E-state index < -0.39 is 5.97 Å². The van der Waals surface area contributed by atoms with Gasteiger partial charge >= 0.3 is 5.97 Å². The summed E-state index contributed by atoms with van der Waals surface area (Å²) < 4.78 is 19.2. The van der Waals surface area contributed by atoms with Gasteiger partial charge in [-0.05, 0) is 40.5 Å². The van der Waals surface area contributed by atoms with Crippen LogP contribution in [0.4, 0.5) is 4.39 Å². The molecule has 1 heterocycles. The molecule has 3 rings (SSSR count). The normalized spacial score (nSPS) is 10.9. The SMILES string of the molecule is CCOC(=O)c1[nH]c2cc(F)c(Br)cc2c1-c1ccccc1. The van der Waals surface area contributed by atoms with Crippen molar-refractivity contribution in [3.63, 3.8) is 0 Å². The van der Waals surface area contributed by atoms with Gasteiger partial charge in [-0.25, -0.2) is 9.18 Å². The second-order valence-corrected chi connectivity index (χ2v) is 5.63. The van der Waals surface area contributed by atoms with Crippen molar-refractivity contribution in [2.24, 2.45) is 0 Å². The molecule has 112 valence electrons. The second kappa shape index (κ2) is 5.93. The van der Waals surface area contributed by atoms with Gasteiger partial charge in [-0.1, -0.05) is 30.3 Å². The lowest BCUT2D eigenvalue weighted by molar-refractivity contribution is 0.0521. The Morgan fingerprint density at radius 3 is 2.68 bits per heavy atom. The minimum Gasteiger partial charge on any atom is -0.461 e. The van der Waals surface area contributed by atoms with E-state index in [1.165, 1.54) is 6.07 Å². The smallest absolute Gasteiger partial charge is 0.355 e. The number of aromatic nitrogens is 1. The van der Waals surface area contributed by atoms with Crippen LogP contribution in [0.3, 0.4) is 0 Å². The van der Waals surface area contributed by atoms with Gasteiger partial charge in [0.25, 0.3) is 0 Å². The van der Waals surface area contributed by atoms with E-state index in [0.717, 1.165) is 16.5 Å². The molecule has 0 fully saturated rings. The van der Waals surface area contributed by atoms with E-state index in [-0.39, 0.29) is 12.4 Å². The first-order valence-electron chi connectivity index (χ1n) is 6.85. The summed E-state index contributed by atoms with van der Waals surface area (Å²) >= 11 is 3.20. The van der Waals surface area contributed by atoms with Crippen molar-refractivity contribution in [1.29, 1.82) is 0 Å². The lowest BCUT2D eigenvalue weighted by atomic mass is 10.0. The maximum Gasteiger partial charge on any atom is 0.355 e. The predicted molar refractivity (Wildman–Crippen MR) is 87.3 cm³/mol. The molecule has 0 aliphatic carbocycles. The molecular formula is C17H13BrFNO2. The van der Waals surface area contributed by atoms with Crippen molar-refractivity contribution < 1.29 is 13.9 Å². The Labute approximate surface area is 135 Å². The topological polar surface area (TPSA) is 42.1 Å². The van der Waals surface area contributed by atoms with Gasteiger partial charge in [0.15, 0.2) is 0 Å². The van der Waals surface area contributed by atoms with Crippen molar-refractivity contribution in [2.75, 3.05) is 6.61 Å². The summed E-state index contributed by atoms with van der Waals surface area (Å²) in [7, 11) is 0. The highest BCUT2D eigenvalue weighted by Gasteiger charge is 2.21. The van der Waals surface area contributed by atoms with Crippen molar-refractivity contribution >= 4 is 32.8 Å². The Hall–Kier alpha value is -2.14. The van der Waals surface area contributed by atoms with Gasteiger partial charge in [0, 0.05) is 16.5 Å². The maximum atomic E-state index is 13.8. The lowest BCUT2D eigenvalue weighted by Crippen LogP contribution is -2.06. The second-order valence-electron chi connectivity index (χ2n) is 4.77. The fraction of sp³-hybridized carbons (Fsp3) is 0.118. The summed E-state index contributed by atoms with van der Waals surface area (Å²) in [5.41, 5.74) is 2.48. The third-order valence-corrected chi connectivity index (χ3v) is 3.99. The van der Waals surface area contributed by atoms with E-state index >= 15 is 0 Å². The Kier molecular flexibility index (Phi) is 3.98. The Morgan fingerprint density at radius 2 is 2.00 bits per heavy atom. The molecule has 0 amide bonds. The Morgan fingerprint density at radius 1 is 1.27 bits per heavy atom. The molecule has 1 aromatic heterocycles. The molecule has 0 saturated carbocycles. The number of fused-ring (bicyclic) bond motifs is 1. The molecule has 3 aromatic rings. The first-order chi connectivity index (χ1) is 10.6. The van der Waals surface area contributed by atoms with E-state index in [2.05, 4.69) is 20.9 Å². The number of hydrogen-bond donors (Lipinski definition) is 1. The summed E-state index contributed by atoms with van der Waals surface area (Å²) in [6.45, 7) is 2.03. The minimum absolute atomic E-state index is 0.278. The monoisotopic (exact) mass is 361 g/mol. The molecule has 0 radical (unpaired) electrons. The molecular weight excluding hydrogens is 349 g/mol. The van der Waals surface area contributed by atoms with Crippen molar-refractivity contribution in [1.82, 2.24) is 4.98 Å². The number of hydrogen-bond acceptors (Lipinski definition) is 2. The molecule has 3 nitrogen and oxygen atoms in total. The molecule has 0 aliphatic rings. The maximum absolute atomic E-state index is 13.8. The molecule has 2 aromatic carbocycles. The number of aromatic amines is 1. The van der Waals surface area contributed by atoms with Crippen LogP contribution in [0, 0.1) is 5.82 Å². The summed E-state index contributed by atoms with van der Waals surface area (Å²) in [5.74, 6) is -0.835. The zero-order valence-electron chi connectivity index (χ0n) is 11.8. The first kappa shape index (κ1) is 14.8. The molecule has 1 N–H and O–H groups in total. The number of carbonyl (C=O) groups is 1. The van der Waals surface area contributed by atoms with Gasteiger partial charge < -0.3 is 9.72 Å². The fourth-order valence-electron chi connectivity index (χ4n) is 2.45. The molecule has 22 heavy (non-hydrogen) atoms. The highest BCUT2D eigenvalue weighted by atomic mass is 79.9. The molecule has 0 saturated heterocycles. The van der Waals surface area contributed by atoms with Gasteiger partial charge in [-0.2, -0.15) is 0 Å². The van der Waals surface area contributed by atoms with Crippen molar-refractivity contribution in [3.05, 3.63) is 58.4 Å². The summed E-state index contributed by atoms with van der Waals surface area (Å²) in [5, 5.41) is 0.766. The van der Waals surface area contributed by atoms with E-state index in [9.17, 15) is 9.18 Å². The van der Waals surface area contributed by atoms with Gasteiger partial charge in [-0.3, -0.25) is 0 Å². The van der Waals surface area contributed by atoms with Gasteiger partial charge in [-0.15, -0.1) is 0 Å². The quantitative estimate of drug-likeness (QED) is 0.673. The number of benzene rings is 2. The lowest BCUT2D eigenvalue weighted by Gasteiger charge is -2.05. The number of rotatable bonds is 3. The van der Waals surface area contributed by atoms with Crippen LogP contribution < -0.4 is 0 Å². The third kappa shape index (κ3) is 2.52. The van der Waals surface area contributed by atoms with E-state index in [1.807, 2.05) is 30.3 Å². The highest BCUT2D eigenvalue weighted by Crippen LogP contribution is 2.35. The van der Waals surface area contributed by atoms with Crippen LogP contribution in [0.1, 0.15) is 17.4 Å². The van der Waals surface area contributed by atoms with Crippen LogP contribution in [0.2, 0.25) is 0 Å². The zero-order valence-corrected chi connectivity index (χ0v) is 13.4.